The van der Waals surface area contributed by atoms with E-state index in [1.807, 2.05) is 66.3 Å². The van der Waals surface area contributed by atoms with E-state index in [0.29, 0.717) is 12.1 Å². The smallest absolute Gasteiger partial charge is 0.128 e. The standard InChI is InChI=1S/C18H17FN2/c1-14-7-8-18(19)15(11-14)13-20-16-5-4-6-17(12-16)21-9-2-3-10-21/h2-12,20H,13H2,1H3. The molecule has 3 rings (SSSR count). The summed E-state index contributed by atoms with van der Waals surface area (Å²) >= 11 is 0. The van der Waals surface area contributed by atoms with E-state index in [1.165, 1.54) is 6.07 Å². The molecule has 2 aromatic carbocycles. The molecule has 3 aromatic rings. The Bertz CT molecular complexity index is 733. The molecular weight excluding hydrogens is 263 g/mol. The fourth-order valence-corrected chi connectivity index (χ4v) is 2.32. The van der Waals surface area contributed by atoms with Gasteiger partial charge in [0.25, 0.3) is 0 Å². The number of hydrogen-bond acceptors (Lipinski definition) is 1. The largest absolute Gasteiger partial charge is 0.381 e. The summed E-state index contributed by atoms with van der Waals surface area (Å²) in [5.74, 6) is -0.172. The van der Waals surface area contributed by atoms with Crippen molar-refractivity contribution in [2.45, 2.75) is 13.5 Å². The highest BCUT2D eigenvalue weighted by Gasteiger charge is 2.03. The molecule has 21 heavy (non-hydrogen) atoms. The number of nitrogens with zero attached hydrogens (tertiary/aromatic N) is 1. The monoisotopic (exact) mass is 280 g/mol. The first-order chi connectivity index (χ1) is 10.2. The predicted octanol–water partition coefficient (Wildman–Crippen LogP) is 4.54. The van der Waals surface area contributed by atoms with Crippen LogP contribution in [0.4, 0.5) is 10.1 Å². The first kappa shape index (κ1) is 13.4. The molecule has 0 spiro atoms. The summed E-state index contributed by atoms with van der Waals surface area (Å²) in [5.41, 5.74) is 3.80. The molecule has 0 fully saturated rings. The summed E-state index contributed by atoms with van der Waals surface area (Å²) in [4.78, 5) is 0. The lowest BCUT2D eigenvalue weighted by molar-refractivity contribution is 0.612. The molecule has 0 amide bonds. The second kappa shape index (κ2) is 5.83. The van der Waals surface area contributed by atoms with Gasteiger partial charge in [0.15, 0.2) is 0 Å². The highest BCUT2D eigenvalue weighted by molar-refractivity contribution is 5.51. The van der Waals surface area contributed by atoms with E-state index in [0.717, 1.165) is 16.9 Å². The number of benzene rings is 2. The van der Waals surface area contributed by atoms with Gasteiger partial charge in [-0.05, 0) is 43.3 Å². The van der Waals surface area contributed by atoms with E-state index in [9.17, 15) is 4.39 Å². The summed E-state index contributed by atoms with van der Waals surface area (Å²) < 4.78 is 15.8. The molecule has 3 heteroatoms. The van der Waals surface area contributed by atoms with Crippen LogP contribution in [0.2, 0.25) is 0 Å². The lowest BCUT2D eigenvalue weighted by atomic mass is 10.1. The Morgan fingerprint density at radius 3 is 2.62 bits per heavy atom. The van der Waals surface area contributed by atoms with Crippen molar-refractivity contribution < 1.29 is 4.39 Å². The number of nitrogens with one attached hydrogen (secondary N) is 1. The van der Waals surface area contributed by atoms with Crippen LogP contribution in [0.3, 0.4) is 0 Å². The summed E-state index contributed by atoms with van der Waals surface area (Å²) in [5, 5.41) is 3.28. The molecule has 0 saturated carbocycles. The quantitative estimate of drug-likeness (QED) is 0.742. The van der Waals surface area contributed by atoms with Crippen LogP contribution >= 0.6 is 0 Å². The number of rotatable bonds is 4. The molecule has 0 atom stereocenters. The Morgan fingerprint density at radius 2 is 1.81 bits per heavy atom. The third kappa shape index (κ3) is 3.14. The van der Waals surface area contributed by atoms with E-state index in [2.05, 4.69) is 5.32 Å². The van der Waals surface area contributed by atoms with Gasteiger partial charge in [-0.1, -0.05) is 23.8 Å². The number of anilines is 1. The van der Waals surface area contributed by atoms with E-state index < -0.39 is 0 Å². The van der Waals surface area contributed by atoms with Crippen molar-refractivity contribution in [2.24, 2.45) is 0 Å². The molecular formula is C18H17FN2. The van der Waals surface area contributed by atoms with Crippen molar-refractivity contribution in [3.63, 3.8) is 0 Å². The number of aryl methyl sites for hydroxylation is 1. The Labute approximate surface area is 123 Å². The van der Waals surface area contributed by atoms with Gasteiger partial charge in [0.2, 0.25) is 0 Å². The zero-order valence-corrected chi connectivity index (χ0v) is 11.9. The van der Waals surface area contributed by atoms with Gasteiger partial charge in [0.1, 0.15) is 5.82 Å². The van der Waals surface area contributed by atoms with Crippen LogP contribution in [0.1, 0.15) is 11.1 Å². The third-order valence-corrected chi connectivity index (χ3v) is 3.43. The highest BCUT2D eigenvalue weighted by Crippen LogP contribution is 2.17. The second-order valence-corrected chi connectivity index (χ2v) is 5.09. The fourth-order valence-electron chi connectivity index (χ4n) is 2.32. The highest BCUT2D eigenvalue weighted by atomic mass is 19.1. The van der Waals surface area contributed by atoms with Crippen LogP contribution in [-0.4, -0.2) is 4.57 Å². The van der Waals surface area contributed by atoms with Crippen molar-refractivity contribution in [2.75, 3.05) is 5.32 Å². The van der Waals surface area contributed by atoms with Crippen LogP contribution in [-0.2, 0) is 6.54 Å². The molecule has 1 aromatic heterocycles. The molecule has 1 N–H and O–H groups in total. The van der Waals surface area contributed by atoms with Crippen LogP contribution < -0.4 is 5.32 Å². The van der Waals surface area contributed by atoms with Crippen molar-refractivity contribution in [3.05, 3.63) is 83.9 Å². The SMILES string of the molecule is Cc1ccc(F)c(CNc2cccc(-n3cccc3)c2)c1. The third-order valence-electron chi connectivity index (χ3n) is 3.43. The minimum atomic E-state index is -0.172. The van der Waals surface area contributed by atoms with Crippen LogP contribution in [0, 0.1) is 12.7 Å². The lowest BCUT2D eigenvalue weighted by Crippen LogP contribution is -2.03. The first-order valence-corrected chi connectivity index (χ1v) is 6.95. The molecule has 0 unspecified atom stereocenters. The molecule has 106 valence electrons. The minimum Gasteiger partial charge on any atom is -0.381 e. The fraction of sp³-hybridized carbons (Fsp3) is 0.111. The maximum atomic E-state index is 13.7. The maximum absolute atomic E-state index is 13.7. The Morgan fingerprint density at radius 1 is 1.00 bits per heavy atom. The average molecular weight is 280 g/mol. The van der Waals surface area contributed by atoms with Crippen LogP contribution in [0.15, 0.2) is 67.0 Å². The molecule has 0 radical (unpaired) electrons. The molecule has 2 nitrogen and oxygen atoms in total. The topological polar surface area (TPSA) is 17.0 Å². The predicted molar refractivity (Wildman–Crippen MR) is 84.2 cm³/mol. The lowest BCUT2D eigenvalue weighted by Gasteiger charge is -2.10. The number of halogens is 1. The molecule has 0 aliphatic rings. The second-order valence-electron chi connectivity index (χ2n) is 5.09. The number of aromatic nitrogens is 1. The average Bonchev–Trinajstić information content (AvgIpc) is 3.03. The zero-order chi connectivity index (χ0) is 14.7. The van der Waals surface area contributed by atoms with Gasteiger partial charge < -0.3 is 9.88 Å². The van der Waals surface area contributed by atoms with Crippen molar-refractivity contribution in [1.82, 2.24) is 4.57 Å². The maximum Gasteiger partial charge on any atom is 0.128 e. The van der Waals surface area contributed by atoms with E-state index in [1.54, 1.807) is 6.07 Å². The van der Waals surface area contributed by atoms with Gasteiger partial charge in [-0.3, -0.25) is 0 Å². The van der Waals surface area contributed by atoms with Gasteiger partial charge >= 0.3 is 0 Å². The normalized spacial score (nSPS) is 10.6. The molecule has 1 heterocycles. The molecule has 0 aliphatic heterocycles. The van der Waals surface area contributed by atoms with Crippen molar-refractivity contribution in [3.8, 4) is 5.69 Å². The van der Waals surface area contributed by atoms with Gasteiger partial charge in [-0.15, -0.1) is 0 Å². The summed E-state index contributed by atoms with van der Waals surface area (Å²) in [6.45, 7) is 2.44. The first-order valence-electron chi connectivity index (χ1n) is 6.95. The molecule has 0 bridgehead atoms. The Hall–Kier alpha value is -2.55. The van der Waals surface area contributed by atoms with Gasteiger partial charge in [0.05, 0.1) is 0 Å². The summed E-state index contributed by atoms with van der Waals surface area (Å²) in [7, 11) is 0. The van der Waals surface area contributed by atoms with Gasteiger partial charge in [-0.2, -0.15) is 0 Å². The van der Waals surface area contributed by atoms with E-state index >= 15 is 0 Å². The van der Waals surface area contributed by atoms with Crippen molar-refractivity contribution in [1.29, 1.82) is 0 Å². The summed E-state index contributed by atoms with van der Waals surface area (Å²) in [6.07, 6.45) is 4.00. The van der Waals surface area contributed by atoms with E-state index in [4.69, 9.17) is 0 Å². The zero-order valence-electron chi connectivity index (χ0n) is 11.9. The molecule has 0 saturated heterocycles. The Kier molecular flexibility index (Phi) is 3.73. The van der Waals surface area contributed by atoms with Gasteiger partial charge in [-0.25, -0.2) is 4.39 Å². The summed E-state index contributed by atoms with van der Waals surface area (Å²) in [6, 6.07) is 17.2. The minimum absolute atomic E-state index is 0.172. The van der Waals surface area contributed by atoms with E-state index in [-0.39, 0.29) is 5.82 Å². The number of hydrogen-bond donors (Lipinski definition) is 1. The van der Waals surface area contributed by atoms with Crippen LogP contribution in [0.25, 0.3) is 5.69 Å². The molecule has 0 aliphatic carbocycles. The van der Waals surface area contributed by atoms with Crippen molar-refractivity contribution >= 4 is 5.69 Å². The van der Waals surface area contributed by atoms with Crippen LogP contribution in [0.5, 0.6) is 0 Å². The van der Waals surface area contributed by atoms with Gasteiger partial charge in [0, 0.05) is 35.9 Å². The Balaban J connectivity index is 1.76.